The number of anilines is 1. The quantitative estimate of drug-likeness (QED) is 0.738. The van der Waals surface area contributed by atoms with Crippen LogP contribution in [0.5, 0.6) is 0 Å². The predicted molar refractivity (Wildman–Crippen MR) is 75.7 cm³/mol. The fraction of sp³-hybridized carbons (Fsp3) is 0.643. The molecule has 1 heterocycles. The molecule has 1 aliphatic rings. The molecule has 7 heteroatoms. The van der Waals surface area contributed by atoms with Crippen LogP contribution in [0.15, 0.2) is 12.3 Å². The van der Waals surface area contributed by atoms with Crippen molar-refractivity contribution in [3.8, 4) is 0 Å². The summed E-state index contributed by atoms with van der Waals surface area (Å²) < 4.78 is 6.69. The summed E-state index contributed by atoms with van der Waals surface area (Å²) >= 11 is 0. The van der Waals surface area contributed by atoms with Gasteiger partial charge >= 0.3 is 5.97 Å². The lowest BCUT2D eigenvalue weighted by Gasteiger charge is -2.03. The summed E-state index contributed by atoms with van der Waals surface area (Å²) in [7, 11) is 1.64. The van der Waals surface area contributed by atoms with E-state index in [1.807, 2.05) is 0 Å². The Labute approximate surface area is 123 Å². The van der Waals surface area contributed by atoms with E-state index in [1.54, 1.807) is 37.9 Å². The van der Waals surface area contributed by atoms with Crippen LogP contribution in [0.25, 0.3) is 0 Å². The number of aromatic nitrogens is 2. The number of nitrogens with one attached hydrogen (secondary N) is 1. The molecule has 0 bridgehead atoms. The van der Waals surface area contributed by atoms with Crippen molar-refractivity contribution in [2.45, 2.75) is 26.8 Å². The summed E-state index contributed by atoms with van der Waals surface area (Å²) in [5.41, 5.74) is -0.503. The van der Waals surface area contributed by atoms with E-state index in [4.69, 9.17) is 9.84 Å². The average Bonchev–Trinajstić information content (AvgIpc) is 2.75. The molecular weight excluding hydrogens is 274 g/mol. The third-order valence-electron chi connectivity index (χ3n) is 4.00. The Morgan fingerprint density at radius 3 is 2.76 bits per heavy atom. The highest BCUT2D eigenvalue weighted by molar-refractivity contribution is 5.99. The minimum Gasteiger partial charge on any atom is -0.481 e. The van der Waals surface area contributed by atoms with Crippen molar-refractivity contribution >= 4 is 17.7 Å². The van der Waals surface area contributed by atoms with Gasteiger partial charge in [0.05, 0.1) is 11.8 Å². The largest absolute Gasteiger partial charge is 0.481 e. The smallest absolute Gasteiger partial charge is 0.307 e. The molecule has 21 heavy (non-hydrogen) atoms. The summed E-state index contributed by atoms with van der Waals surface area (Å²) in [6, 6.07) is 1.70. The van der Waals surface area contributed by atoms with Crippen LogP contribution >= 0.6 is 0 Å². The van der Waals surface area contributed by atoms with Gasteiger partial charge in [0.25, 0.3) is 0 Å². The molecule has 2 N–H and O–H groups in total. The lowest BCUT2D eigenvalue weighted by molar-refractivity contribution is -0.140. The van der Waals surface area contributed by atoms with Gasteiger partial charge in [0.15, 0.2) is 5.82 Å². The van der Waals surface area contributed by atoms with Gasteiger partial charge in [-0.15, -0.1) is 0 Å². The lowest BCUT2D eigenvalue weighted by Crippen LogP contribution is -2.18. The van der Waals surface area contributed by atoms with Crippen LogP contribution in [-0.4, -0.2) is 40.5 Å². The van der Waals surface area contributed by atoms with Crippen molar-refractivity contribution < 1.29 is 19.4 Å². The number of aliphatic carboxylic acids is 1. The van der Waals surface area contributed by atoms with Crippen LogP contribution < -0.4 is 5.32 Å². The Hall–Kier alpha value is -1.89. The maximum absolute atomic E-state index is 12.1. The highest BCUT2D eigenvalue weighted by atomic mass is 16.5. The van der Waals surface area contributed by atoms with Gasteiger partial charge in [-0.05, 0) is 11.8 Å². The second-order valence-corrected chi connectivity index (χ2v) is 5.91. The molecule has 1 aromatic heterocycles. The number of carboxylic acid groups (broad SMARTS) is 1. The van der Waals surface area contributed by atoms with Crippen molar-refractivity contribution in [1.29, 1.82) is 0 Å². The van der Waals surface area contributed by atoms with Gasteiger partial charge in [-0.1, -0.05) is 13.8 Å². The maximum atomic E-state index is 12.1. The number of hydrogen-bond acceptors (Lipinski definition) is 4. The van der Waals surface area contributed by atoms with E-state index >= 15 is 0 Å². The van der Waals surface area contributed by atoms with Crippen molar-refractivity contribution in [2.24, 2.45) is 17.3 Å². The Morgan fingerprint density at radius 1 is 1.48 bits per heavy atom. The molecular formula is C14H21N3O4. The SMILES string of the molecule is COCCCn1ccc(NC(=O)[C@@H]2[C@H](C(=O)O)C2(C)C)n1. The summed E-state index contributed by atoms with van der Waals surface area (Å²) in [5.74, 6) is -1.89. The highest BCUT2D eigenvalue weighted by Gasteiger charge is 2.65. The van der Waals surface area contributed by atoms with E-state index in [-0.39, 0.29) is 5.91 Å². The number of amides is 1. The summed E-state index contributed by atoms with van der Waals surface area (Å²) in [6.07, 6.45) is 2.61. The summed E-state index contributed by atoms with van der Waals surface area (Å²) in [4.78, 5) is 23.2. The number of hydrogen-bond donors (Lipinski definition) is 2. The monoisotopic (exact) mass is 295 g/mol. The first-order valence-corrected chi connectivity index (χ1v) is 6.94. The van der Waals surface area contributed by atoms with E-state index in [9.17, 15) is 9.59 Å². The van der Waals surface area contributed by atoms with E-state index in [2.05, 4.69) is 10.4 Å². The van der Waals surface area contributed by atoms with Crippen LogP contribution in [0.1, 0.15) is 20.3 Å². The highest BCUT2D eigenvalue weighted by Crippen LogP contribution is 2.58. The Bertz CT molecular complexity index is 538. The van der Waals surface area contributed by atoms with E-state index in [0.717, 1.165) is 6.42 Å². The predicted octanol–water partition coefficient (Wildman–Crippen LogP) is 1.21. The summed E-state index contributed by atoms with van der Waals surface area (Å²) in [6.45, 7) is 4.94. The second-order valence-electron chi connectivity index (χ2n) is 5.91. The van der Waals surface area contributed by atoms with Crippen molar-refractivity contribution in [2.75, 3.05) is 19.0 Å². The van der Waals surface area contributed by atoms with Crippen LogP contribution in [0, 0.1) is 17.3 Å². The molecule has 1 aromatic rings. The van der Waals surface area contributed by atoms with Gasteiger partial charge in [0.2, 0.25) is 5.91 Å². The molecule has 0 spiro atoms. The molecule has 1 aliphatic carbocycles. The van der Waals surface area contributed by atoms with Gasteiger partial charge in [0, 0.05) is 32.5 Å². The topological polar surface area (TPSA) is 93.5 Å². The number of nitrogens with zero attached hydrogens (tertiary/aromatic N) is 2. The van der Waals surface area contributed by atoms with E-state index in [1.165, 1.54) is 0 Å². The minimum absolute atomic E-state index is 0.283. The molecule has 0 aromatic carbocycles. The van der Waals surface area contributed by atoms with Crippen LogP contribution in [0.4, 0.5) is 5.82 Å². The average molecular weight is 295 g/mol. The van der Waals surface area contributed by atoms with E-state index in [0.29, 0.717) is 19.0 Å². The Morgan fingerprint density at radius 2 is 2.19 bits per heavy atom. The zero-order valence-electron chi connectivity index (χ0n) is 12.5. The summed E-state index contributed by atoms with van der Waals surface area (Å²) in [5, 5.41) is 16.0. The molecule has 0 aliphatic heterocycles. The van der Waals surface area contributed by atoms with Crippen molar-refractivity contribution in [1.82, 2.24) is 9.78 Å². The van der Waals surface area contributed by atoms with Gasteiger partial charge in [0.1, 0.15) is 0 Å². The van der Waals surface area contributed by atoms with Crippen molar-refractivity contribution in [3.63, 3.8) is 0 Å². The minimum atomic E-state index is -0.926. The van der Waals surface area contributed by atoms with Crippen LogP contribution in [0.3, 0.4) is 0 Å². The zero-order chi connectivity index (χ0) is 15.6. The van der Waals surface area contributed by atoms with Gasteiger partial charge < -0.3 is 15.2 Å². The fourth-order valence-electron chi connectivity index (χ4n) is 2.72. The van der Waals surface area contributed by atoms with Gasteiger partial charge in [-0.25, -0.2) is 0 Å². The third-order valence-corrected chi connectivity index (χ3v) is 4.00. The number of rotatable bonds is 7. The number of carbonyl (C=O) groups excluding carboxylic acids is 1. The second kappa shape index (κ2) is 5.85. The molecule has 1 saturated carbocycles. The Kier molecular flexibility index (Phi) is 4.32. The first-order chi connectivity index (χ1) is 9.87. The van der Waals surface area contributed by atoms with Crippen molar-refractivity contribution in [3.05, 3.63) is 12.3 Å². The number of ether oxygens (including phenoxy) is 1. The normalized spacial score (nSPS) is 22.8. The molecule has 1 fully saturated rings. The van der Waals surface area contributed by atoms with Gasteiger partial charge in [-0.3, -0.25) is 14.3 Å². The Balaban J connectivity index is 1.91. The lowest BCUT2D eigenvalue weighted by atomic mass is 10.1. The molecule has 2 atom stereocenters. The van der Waals surface area contributed by atoms with Crippen LogP contribution in [0.2, 0.25) is 0 Å². The zero-order valence-corrected chi connectivity index (χ0v) is 12.5. The number of carboxylic acids is 1. The molecule has 7 nitrogen and oxygen atoms in total. The molecule has 116 valence electrons. The molecule has 0 unspecified atom stereocenters. The molecule has 0 radical (unpaired) electrons. The van der Waals surface area contributed by atoms with Gasteiger partial charge in [-0.2, -0.15) is 5.10 Å². The molecule has 0 saturated heterocycles. The molecule has 1 amide bonds. The van der Waals surface area contributed by atoms with E-state index < -0.39 is 23.2 Å². The first kappa shape index (κ1) is 15.5. The standard InChI is InChI=1S/C14H21N3O4/c1-14(2)10(11(14)13(19)20)12(18)15-9-5-7-17(16-9)6-4-8-21-3/h5,7,10-11H,4,6,8H2,1-3H3,(H,19,20)(H,15,16,18)/t10-,11+/m0/s1. The number of aryl methyl sites for hydroxylation is 1. The fourth-order valence-corrected chi connectivity index (χ4v) is 2.72. The molecule has 2 rings (SSSR count). The maximum Gasteiger partial charge on any atom is 0.307 e. The third kappa shape index (κ3) is 3.24. The number of carbonyl (C=O) groups is 2. The van der Waals surface area contributed by atoms with Crippen LogP contribution in [-0.2, 0) is 20.9 Å². The first-order valence-electron chi connectivity index (χ1n) is 6.94. The number of methoxy groups -OCH3 is 1.